The normalized spacial score (nSPS) is 24.2. The number of anilines is 1. The van der Waals surface area contributed by atoms with Gasteiger partial charge in [0.2, 0.25) is 11.6 Å². The summed E-state index contributed by atoms with van der Waals surface area (Å²) < 4.78 is 13.3. The van der Waals surface area contributed by atoms with Gasteiger partial charge in [0.25, 0.3) is 0 Å². The number of fused-ring (bicyclic) bond motifs is 1. The maximum absolute atomic E-state index is 13.2. The SMILES string of the molecule is CCOC1c2c3ccccccn2C(O)(C(=O)OC)CC1(CC)CCCN(/C=C/C(=O)Nc1ccccc1)CC3. The predicted molar refractivity (Wildman–Crippen MR) is 155 cm³/mol. The molecule has 0 fully saturated rings. The van der Waals surface area contributed by atoms with Gasteiger partial charge in [-0.05, 0) is 56.4 Å². The Morgan fingerprint density at radius 2 is 1.80 bits per heavy atom. The van der Waals surface area contributed by atoms with Gasteiger partial charge in [-0.25, -0.2) is 4.79 Å². The number of aliphatic hydroxyl groups is 1. The second kappa shape index (κ2) is 13.2. The molecule has 0 saturated heterocycles. The summed E-state index contributed by atoms with van der Waals surface area (Å²) in [4.78, 5) is 28.0. The summed E-state index contributed by atoms with van der Waals surface area (Å²) >= 11 is 0. The maximum Gasteiger partial charge on any atom is 0.359 e. The van der Waals surface area contributed by atoms with E-state index in [0.29, 0.717) is 26.0 Å². The first kappa shape index (κ1) is 29.4. The first-order valence-electron chi connectivity index (χ1n) is 14.1. The summed E-state index contributed by atoms with van der Waals surface area (Å²) in [6, 6.07) is 19.0. The molecule has 1 aromatic heterocycles. The zero-order chi connectivity index (χ0) is 28.6. The predicted octanol–water partition coefficient (Wildman–Crippen LogP) is 5.10. The topological polar surface area (TPSA) is 93.0 Å². The Morgan fingerprint density at radius 1 is 1.07 bits per heavy atom. The molecule has 2 aliphatic heterocycles. The molecule has 40 heavy (non-hydrogen) atoms. The van der Waals surface area contributed by atoms with Crippen LogP contribution in [0.3, 0.4) is 0 Å². The lowest BCUT2D eigenvalue weighted by molar-refractivity contribution is -0.200. The highest BCUT2D eigenvalue weighted by atomic mass is 16.5. The van der Waals surface area contributed by atoms with Crippen LogP contribution in [0.15, 0.2) is 79.1 Å². The number of aromatic nitrogens is 1. The molecule has 3 heterocycles. The third-order valence-electron chi connectivity index (χ3n) is 8.07. The Hall–Kier alpha value is -3.62. The first-order valence-corrected chi connectivity index (χ1v) is 14.1. The number of para-hydroxylation sites is 1. The lowest BCUT2D eigenvalue weighted by Crippen LogP contribution is -2.54. The van der Waals surface area contributed by atoms with Crippen LogP contribution in [0.4, 0.5) is 5.69 Å². The summed E-state index contributed by atoms with van der Waals surface area (Å²) in [5.41, 5.74) is 0.127. The van der Waals surface area contributed by atoms with Crippen molar-refractivity contribution in [2.24, 2.45) is 5.41 Å². The molecule has 0 radical (unpaired) electrons. The van der Waals surface area contributed by atoms with Crippen LogP contribution >= 0.6 is 0 Å². The van der Waals surface area contributed by atoms with Crippen molar-refractivity contribution in [2.45, 2.75) is 57.8 Å². The molecule has 2 aliphatic rings. The molecule has 8 nitrogen and oxygen atoms in total. The van der Waals surface area contributed by atoms with E-state index in [1.54, 1.807) is 16.8 Å². The number of nitrogens with zero attached hydrogens (tertiary/aromatic N) is 2. The molecule has 2 bridgehead atoms. The fourth-order valence-corrected chi connectivity index (χ4v) is 6.04. The van der Waals surface area contributed by atoms with Crippen molar-refractivity contribution in [1.82, 2.24) is 9.47 Å². The second-order valence-corrected chi connectivity index (χ2v) is 10.5. The molecule has 3 atom stereocenters. The van der Waals surface area contributed by atoms with Crippen LogP contribution in [0.5, 0.6) is 0 Å². The van der Waals surface area contributed by atoms with E-state index in [1.807, 2.05) is 73.8 Å². The number of nitrogens with one attached hydrogen (secondary N) is 1. The quantitative estimate of drug-likeness (QED) is 0.370. The number of methoxy groups -OCH3 is 1. The van der Waals surface area contributed by atoms with E-state index in [2.05, 4.69) is 17.1 Å². The van der Waals surface area contributed by atoms with Crippen molar-refractivity contribution in [2.75, 3.05) is 32.1 Å². The average Bonchev–Trinajstić information content (AvgIpc) is 3.06. The molecule has 8 heteroatoms. The van der Waals surface area contributed by atoms with Gasteiger partial charge >= 0.3 is 5.97 Å². The largest absolute Gasteiger partial charge is 0.465 e. The minimum atomic E-state index is -1.87. The number of esters is 1. The zero-order valence-corrected chi connectivity index (χ0v) is 23.7. The second-order valence-electron chi connectivity index (χ2n) is 10.5. The summed E-state index contributed by atoms with van der Waals surface area (Å²) in [7, 11) is 1.31. The first-order chi connectivity index (χ1) is 19.4. The van der Waals surface area contributed by atoms with E-state index in [-0.39, 0.29) is 18.4 Å². The summed E-state index contributed by atoms with van der Waals surface area (Å²) in [6.45, 7) is 5.95. The Balaban J connectivity index is 1.78. The fraction of sp³-hybridized carbons (Fsp3) is 0.438. The van der Waals surface area contributed by atoms with Crippen LogP contribution in [0, 0.1) is 5.41 Å². The van der Waals surface area contributed by atoms with Gasteiger partial charge < -0.3 is 29.4 Å². The Labute approximate surface area is 236 Å². The van der Waals surface area contributed by atoms with Crippen LogP contribution < -0.4 is 5.32 Å². The van der Waals surface area contributed by atoms with Crippen molar-refractivity contribution in [3.05, 3.63) is 90.4 Å². The molecule has 0 spiro atoms. The number of hydrogen-bond donors (Lipinski definition) is 2. The summed E-state index contributed by atoms with van der Waals surface area (Å²) in [5.74, 6) is -0.865. The van der Waals surface area contributed by atoms with E-state index in [1.165, 1.54) is 7.11 Å². The van der Waals surface area contributed by atoms with Crippen LogP contribution in [0.1, 0.15) is 56.9 Å². The summed E-state index contributed by atoms with van der Waals surface area (Å²) in [5, 5.41) is 14.9. The number of hydrogen-bond acceptors (Lipinski definition) is 6. The van der Waals surface area contributed by atoms with Crippen molar-refractivity contribution >= 4 is 17.6 Å². The minimum absolute atomic E-state index is 0.178. The molecule has 0 aliphatic carbocycles. The number of rotatable bonds is 7. The van der Waals surface area contributed by atoms with Gasteiger partial charge in [-0.2, -0.15) is 0 Å². The van der Waals surface area contributed by atoms with Crippen LogP contribution in [0.2, 0.25) is 0 Å². The van der Waals surface area contributed by atoms with Gasteiger partial charge in [0, 0.05) is 55.7 Å². The van der Waals surface area contributed by atoms with Gasteiger partial charge in [0.05, 0.1) is 12.8 Å². The highest BCUT2D eigenvalue weighted by molar-refractivity contribution is 5.99. The van der Waals surface area contributed by atoms with Gasteiger partial charge in [0.1, 0.15) is 6.10 Å². The molecule has 2 aromatic rings. The maximum atomic E-state index is 13.2. The van der Waals surface area contributed by atoms with E-state index in [0.717, 1.165) is 36.3 Å². The average molecular weight is 548 g/mol. The van der Waals surface area contributed by atoms with Gasteiger partial charge in [-0.15, -0.1) is 0 Å². The van der Waals surface area contributed by atoms with Crippen molar-refractivity contribution in [3.8, 4) is 0 Å². The molecular formula is C32H41N3O5. The van der Waals surface area contributed by atoms with Crippen LogP contribution in [-0.2, 0) is 31.2 Å². The molecule has 2 N–H and O–H groups in total. The zero-order valence-electron chi connectivity index (χ0n) is 23.7. The van der Waals surface area contributed by atoms with Crippen LogP contribution in [0.25, 0.3) is 0 Å². The number of benzene rings is 1. The molecule has 1 aromatic carbocycles. The number of amides is 1. The third-order valence-corrected chi connectivity index (χ3v) is 8.07. The number of carbonyl (C=O) groups excluding carboxylic acids is 2. The van der Waals surface area contributed by atoms with Crippen LogP contribution in [-0.4, -0.2) is 53.3 Å². The molecular weight excluding hydrogens is 506 g/mol. The Bertz CT molecular complexity index is 1260. The van der Waals surface area contributed by atoms with E-state index < -0.39 is 17.1 Å². The van der Waals surface area contributed by atoms with E-state index in [4.69, 9.17) is 9.47 Å². The van der Waals surface area contributed by atoms with E-state index in [9.17, 15) is 14.7 Å². The monoisotopic (exact) mass is 547 g/mol. The lowest BCUT2D eigenvalue weighted by Gasteiger charge is -2.51. The minimum Gasteiger partial charge on any atom is -0.465 e. The fourth-order valence-electron chi connectivity index (χ4n) is 6.04. The molecule has 1 amide bonds. The molecule has 3 unspecified atom stereocenters. The number of carbonyl (C=O) groups is 2. The van der Waals surface area contributed by atoms with Crippen molar-refractivity contribution in [1.29, 1.82) is 0 Å². The van der Waals surface area contributed by atoms with Gasteiger partial charge in [-0.3, -0.25) is 4.79 Å². The lowest BCUT2D eigenvalue weighted by atomic mass is 9.66. The Morgan fingerprint density at radius 3 is 2.52 bits per heavy atom. The van der Waals surface area contributed by atoms with Gasteiger partial charge in [0.15, 0.2) is 0 Å². The Kier molecular flexibility index (Phi) is 9.66. The smallest absolute Gasteiger partial charge is 0.359 e. The van der Waals surface area contributed by atoms with Gasteiger partial charge in [-0.1, -0.05) is 49.4 Å². The highest BCUT2D eigenvalue weighted by Gasteiger charge is 2.56. The molecule has 0 saturated carbocycles. The third kappa shape index (κ3) is 6.24. The standard InChI is InChI=1S/C32H41N3O5/c1-4-31-19-13-20-34(23-18-27(36)33-26-15-10-8-11-16-26)22-17-25-14-9-6-7-12-21-35(28(25)29(31)40-5-2)32(38,24-31)30(37)39-3/h6-12,14-16,18,21,23,29,38H,4-5,13,17,19-20,22,24H2,1-3H3,(H,33,36)/b7-6?,14-9?,21-12?,23-18+,28-25?. The summed E-state index contributed by atoms with van der Waals surface area (Å²) in [6.07, 6.45) is 7.91. The molecule has 4 rings (SSSR count). The van der Waals surface area contributed by atoms with Crippen molar-refractivity contribution in [3.63, 3.8) is 0 Å². The highest BCUT2D eigenvalue weighted by Crippen LogP contribution is 2.55. The molecule has 214 valence electrons. The number of ether oxygens (including phenoxy) is 2. The van der Waals surface area contributed by atoms with Crippen molar-refractivity contribution < 1.29 is 24.2 Å². The van der Waals surface area contributed by atoms with E-state index >= 15 is 0 Å².